The van der Waals surface area contributed by atoms with Crippen LogP contribution >= 0.6 is 0 Å². The van der Waals surface area contributed by atoms with Crippen molar-refractivity contribution in [1.29, 1.82) is 0 Å². The minimum atomic E-state index is -0.526. The van der Waals surface area contributed by atoms with Crippen molar-refractivity contribution < 1.29 is 9.84 Å². The van der Waals surface area contributed by atoms with E-state index in [4.69, 9.17) is 11.2 Å². The number of fused-ring (bicyclic) bond motifs is 1. The molecule has 2 nitrogen and oxygen atoms in total. The summed E-state index contributed by atoms with van der Waals surface area (Å²) in [6.07, 6.45) is 18.8. The second kappa shape index (κ2) is 11.4. The van der Waals surface area contributed by atoms with E-state index < -0.39 is 5.60 Å². The van der Waals surface area contributed by atoms with E-state index in [-0.39, 0.29) is 0 Å². The number of phenols is 1. The molecule has 2 rings (SSSR count). The summed E-state index contributed by atoms with van der Waals surface area (Å²) in [5.41, 5.74) is 4.24. The van der Waals surface area contributed by atoms with Gasteiger partial charge < -0.3 is 9.84 Å². The molecule has 0 spiro atoms. The summed E-state index contributed by atoms with van der Waals surface area (Å²) in [6.45, 7) is 20.4. The van der Waals surface area contributed by atoms with Gasteiger partial charge in [0, 0.05) is 12.0 Å². The molecule has 0 radical (unpaired) electrons. The second-order valence-electron chi connectivity index (χ2n) is 13.1. The molecule has 0 saturated carbocycles. The number of rotatable bonds is 12. The van der Waals surface area contributed by atoms with Crippen LogP contribution in [0.15, 0.2) is 0 Å². The first-order valence-corrected chi connectivity index (χ1v) is 13.7. The third-order valence-corrected chi connectivity index (χ3v) is 8.46. The van der Waals surface area contributed by atoms with Crippen LogP contribution < -0.4 is 4.74 Å². The molecule has 0 aromatic heterocycles. The van der Waals surface area contributed by atoms with Crippen LogP contribution in [-0.4, -0.2) is 10.7 Å². The average molecular weight is 469 g/mol. The maximum atomic E-state index is 10.5. The largest absolute Gasteiger partial charge is 0.507 e. The zero-order chi connectivity index (χ0) is 25.7. The Labute approximate surface area is 211 Å². The molecule has 1 atom stereocenters. The van der Waals surface area contributed by atoms with E-state index in [0.717, 1.165) is 59.6 Å². The lowest BCUT2D eigenvalue weighted by atomic mass is 9.76. The summed E-state index contributed by atoms with van der Waals surface area (Å²) < 4.78 is 6.56. The zero-order valence-electron chi connectivity index (χ0n) is 23.8. The summed E-state index contributed by atoms with van der Waals surface area (Å²) in [7, 11) is 0. The highest BCUT2D eigenvalue weighted by Crippen LogP contribution is 2.45. The number of phenolic OH excluding ortho intramolecular Hbond substituents is 1. The minimum absolute atomic E-state index is 0.325. The first-order valence-electron chi connectivity index (χ1n) is 13.7. The van der Waals surface area contributed by atoms with Crippen LogP contribution in [0.2, 0.25) is 0 Å². The number of hydrogen-bond acceptors (Lipinski definition) is 2. The van der Waals surface area contributed by atoms with Crippen LogP contribution in [-0.2, 0) is 6.42 Å². The van der Waals surface area contributed by atoms with Gasteiger partial charge in [-0.15, -0.1) is 6.42 Å². The van der Waals surface area contributed by atoms with E-state index in [1.807, 2.05) is 20.8 Å². The second-order valence-corrected chi connectivity index (χ2v) is 13.1. The number of ether oxygens (including phenoxy) is 1. The van der Waals surface area contributed by atoms with Crippen molar-refractivity contribution in [3.8, 4) is 23.8 Å². The SMILES string of the molecule is C#C[C@@]1(CCCC(C)(C)CCCC(C)(C)CCCC(C)C)CCc2c(C)c(O)c(C)c(C)c2O1. The van der Waals surface area contributed by atoms with E-state index in [0.29, 0.717) is 16.6 Å². The number of aromatic hydroxyl groups is 1. The van der Waals surface area contributed by atoms with E-state index in [9.17, 15) is 5.11 Å². The van der Waals surface area contributed by atoms with Crippen LogP contribution in [0.1, 0.15) is 128 Å². The van der Waals surface area contributed by atoms with Crippen molar-refractivity contribution in [2.45, 2.75) is 139 Å². The Morgan fingerprint density at radius 2 is 1.47 bits per heavy atom. The number of hydrogen-bond donors (Lipinski definition) is 1. The first kappa shape index (κ1) is 28.6. The van der Waals surface area contributed by atoms with Crippen molar-refractivity contribution in [2.75, 3.05) is 0 Å². The lowest BCUT2D eigenvalue weighted by Gasteiger charge is -2.38. The predicted molar refractivity (Wildman–Crippen MR) is 147 cm³/mol. The zero-order valence-corrected chi connectivity index (χ0v) is 23.8. The van der Waals surface area contributed by atoms with Gasteiger partial charge in [0.15, 0.2) is 5.60 Å². The van der Waals surface area contributed by atoms with Gasteiger partial charge >= 0.3 is 0 Å². The van der Waals surface area contributed by atoms with Crippen molar-refractivity contribution >= 4 is 0 Å². The fraction of sp³-hybridized carbons (Fsp3) is 0.750. The molecule has 1 aromatic carbocycles. The van der Waals surface area contributed by atoms with Gasteiger partial charge in [-0.2, -0.15) is 0 Å². The fourth-order valence-electron chi connectivity index (χ4n) is 5.67. The summed E-state index contributed by atoms with van der Waals surface area (Å²) in [5.74, 6) is 5.16. The normalized spacial score (nSPS) is 18.5. The lowest BCUT2D eigenvalue weighted by molar-refractivity contribution is 0.0863. The molecule has 0 aliphatic carbocycles. The van der Waals surface area contributed by atoms with Crippen molar-refractivity contribution in [1.82, 2.24) is 0 Å². The Bertz CT molecular complexity index is 868. The fourth-order valence-corrected chi connectivity index (χ4v) is 5.67. The molecule has 192 valence electrons. The van der Waals surface area contributed by atoms with Gasteiger partial charge in [-0.3, -0.25) is 0 Å². The highest BCUT2D eigenvalue weighted by Gasteiger charge is 2.37. The molecule has 1 N–H and O–H groups in total. The Morgan fingerprint density at radius 1 is 0.912 bits per heavy atom. The molecule has 34 heavy (non-hydrogen) atoms. The number of terminal acetylenes is 1. The summed E-state index contributed by atoms with van der Waals surface area (Å²) in [5, 5.41) is 10.5. The molecule has 1 aliphatic heterocycles. The first-order chi connectivity index (χ1) is 15.7. The lowest BCUT2D eigenvalue weighted by Crippen LogP contribution is -2.39. The maximum absolute atomic E-state index is 10.5. The van der Waals surface area contributed by atoms with Crippen molar-refractivity contribution in [2.24, 2.45) is 16.7 Å². The van der Waals surface area contributed by atoms with Crippen LogP contribution in [0.3, 0.4) is 0 Å². The van der Waals surface area contributed by atoms with Crippen LogP contribution in [0.5, 0.6) is 11.5 Å². The van der Waals surface area contributed by atoms with Gasteiger partial charge in [-0.05, 0) is 99.2 Å². The van der Waals surface area contributed by atoms with E-state index in [1.165, 1.54) is 44.9 Å². The number of benzene rings is 1. The third-order valence-electron chi connectivity index (χ3n) is 8.46. The Morgan fingerprint density at radius 3 is 2.03 bits per heavy atom. The van der Waals surface area contributed by atoms with Crippen LogP contribution in [0.4, 0.5) is 0 Å². The summed E-state index contributed by atoms with van der Waals surface area (Å²) in [4.78, 5) is 0. The molecular formula is C32H52O2. The molecule has 1 aliphatic rings. The van der Waals surface area contributed by atoms with Crippen LogP contribution in [0.25, 0.3) is 0 Å². The molecular weight excluding hydrogens is 416 g/mol. The van der Waals surface area contributed by atoms with Gasteiger partial charge in [-0.1, -0.05) is 66.7 Å². The van der Waals surface area contributed by atoms with Crippen LogP contribution in [0, 0.1) is 49.9 Å². The molecule has 0 bridgehead atoms. The highest BCUT2D eigenvalue weighted by atomic mass is 16.5. The average Bonchev–Trinajstić information content (AvgIpc) is 2.75. The van der Waals surface area contributed by atoms with Crippen molar-refractivity contribution in [3.63, 3.8) is 0 Å². The van der Waals surface area contributed by atoms with E-state index >= 15 is 0 Å². The predicted octanol–water partition coefficient (Wildman–Crippen LogP) is 9.23. The Hall–Kier alpha value is -1.62. The molecule has 1 heterocycles. The van der Waals surface area contributed by atoms with Gasteiger partial charge in [0.1, 0.15) is 11.5 Å². The maximum Gasteiger partial charge on any atom is 0.169 e. The van der Waals surface area contributed by atoms with Gasteiger partial charge in [0.2, 0.25) is 0 Å². The summed E-state index contributed by atoms with van der Waals surface area (Å²) >= 11 is 0. The standard InChI is InChI=1S/C32H52O2/c1-11-32(22-16-27-26(6)28(33)24(4)25(5)29(27)34-32)21-14-20-31(9,10)19-13-18-30(7,8)17-12-15-23(2)3/h1,23,33H,12-22H2,2-10H3/t32-/m1/s1. The molecule has 1 aromatic rings. The molecule has 0 saturated heterocycles. The van der Waals surface area contributed by atoms with Gasteiger partial charge in [0.25, 0.3) is 0 Å². The molecule has 0 unspecified atom stereocenters. The molecule has 0 amide bonds. The Balaban J connectivity index is 1.89. The minimum Gasteiger partial charge on any atom is -0.507 e. The summed E-state index contributed by atoms with van der Waals surface area (Å²) in [6, 6.07) is 0. The smallest absolute Gasteiger partial charge is 0.169 e. The van der Waals surface area contributed by atoms with E-state index in [1.54, 1.807) is 0 Å². The third kappa shape index (κ3) is 7.44. The quantitative estimate of drug-likeness (QED) is 0.310. The van der Waals surface area contributed by atoms with Gasteiger partial charge in [0.05, 0.1) is 0 Å². The Kier molecular flexibility index (Phi) is 9.60. The molecule has 0 fully saturated rings. The monoisotopic (exact) mass is 468 g/mol. The topological polar surface area (TPSA) is 29.5 Å². The van der Waals surface area contributed by atoms with Crippen molar-refractivity contribution in [3.05, 3.63) is 22.3 Å². The van der Waals surface area contributed by atoms with E-state index in [2.05, 4.69) is 47.5 Å². The molecule has 2 heteroatoms. The van der Waals surface area contributed by atoms with Gasteiger partial charge in [-0.25, -0.2) is 0 Å². The highest BCUT2D eigenvalue weighted by molar-refractivity contribution is 5.58.